The number of amides is 1. The van der Waals surface area contributed by atoms with Crippen LogP contribution >= 0.6 is 0 Å². The van der Waals surface area contributed by atoms with Gasteiger partial charge in [-0.1, -0.05) is 17.3 Å². The van der Waals surface area contributed by atoms with Gasteiger partial charge in [0.1, 0.15) is 23.1 Å². The minimum Gasteiger partial charge on any atom is -0.508 e. The van der Waals surface area contributed by atoms with Crippen LogP contribution in [-0.2, 0) is 4.79 Å². The molecule has 1 amide bonds. The molecule has 3 N–H and O–H groups in total. The number of carbonyl (C=O) groups excluding carboxylic acids is 1. The first-order chi connectivity index (χ1) is 11.6. The van der Waals surface area contributed by atoms with E-state index < -0.39 is 6.04 Å². The van der Waals surface area contributed by atoms with Gasteiger partial charge in [0, 0.05) is 11.6 Å². The zero-order valence-corrected chi connectivity index (χ0v) is 12.8. The third-order valence-corrected chi connectivity index (χ3v) is 3.52. The number of hydrazone groups is 1. The molecule has 1 heterocycles. The number of phenols is 2. The SMILES string of the molecule is C[C@@H](C(=O)N/N=C\c1ccc(O)cc1O)n1nnc2ccccc21. The van der Waals surface area contributed by atoms with E-state index in [2.05, 4.69) is 20.8 Å². The number of aromatic hydroxyl groups is 2. The van der Waals surface area contributed by atoms with E-state index >= 15 is 0 Å². The van der Waals surface area contributed by atoms with Crippen LogP contribution in [0, 0.1) is 0 Å². The van der Waals surface area contributed by atoms with Gasteiger partial charge in [0.15, 0.2) is 0 Å². The second-order valence-electron chi connectivity index (χ2n) is 5.18. The molecular formula is C16H15N5O3. The Morgan fingerprint density at radius 2 is 2.08 bits per heavy atom. The molecule has 0 aliphatic carbocycles. The minimum atomic E-state index is -0.608. The van der Waals surface area contributed by atoms with Crippen LogP contribution in [0.3, 0.4) is 0 Å². The molecule has 8 heteroatoms. The molecule has 0 bridgehead atoms. The van der Waals surface area contributed by atoms with E-state index in [4.69, 9.17) is 0 Å². The maximum absolute atomic E-state index is 12.2. The number of hydrogen-bond donors (Lipinski definition) is 3. The molecule has 0 aliphatic heterocycles. The molecule has 8 nitrogen and oxygen atoms in total. The second-order valence-corrected chi connectivity index (χ2v) is 5.18. The number of phenolic OH excluding ortho intramolecular Hbond substituents is 2. The van der Waals surface area contributed by atoms with Crippen LogP contribution in [0.25, 0.3) is 11.0 Å². The Morgan fingerprint density at radius 3 is 2.88 bits per heavy atom. The largest absolute Gasteiger partial charge is 0.508 e. The molecule has 0 radical (unpaired) electrons. The number of nitrogens with zero attached hydrogens (tertiary/aromatic N) is 4. The van der Waals surface area contributed by atoms with Crippen molar-refractivity contribution in [2.24, 2.45) is 5.10 Å². The van der Waals surface area contributed by atoms with Gasteiger partial charge in [-0.25, -0.2) is 10.1 Å². The Balaban J connectivity index is 1.71. The van der Waals surface area contributed by atoms with E-state index in [-0.39, 0.29) is 17.4 Å². The molecule has 0 saturated carbocycles. The van der Waals surface area contributed by atoms with Gasteiger partial charge < -0.3 is 10.2 Å². The van der Waals surface area contributed by atoms with E-state index in [1.807, 2.05) is 24.3 Å². The van der Waals surface area contributed by atoms with E-state index in [0.29, 0.717) is 11.1 Å². The number of rotatable bonds is 4. The number of benzene rings is 2. The number of fused-ring (bicyclic) bond motifs is 1. The van der Waals surface area contributed by atoms with Crippen molar-refractivity contribution < 1.29 is 15.0 Å². The first-order valence-corrected chi connectivity index (χ1v) is 7.21. The molecule has 0 spiro atoms. The summed E-state index contributed by atoms with van der Waals surface area (Å²) in [5.74, 6) is -0.566. The van der Waals surface area contributed by atoms with E-state index in [1.54, 1.807) is 6.92 Å². The lowest BCUT2D eigenvalue weighted by molar-refractivity contribution is -0.124. The molecule has 1 aromatic heterocycles. The zero-order chi connectivity index (χ0) is 17.1. The van der Waals surface area contributed by atoms with Gasteiger partial charge in [-0.2, -0.15) is 5.10 Å². The van der Waals surface area contributed by atoms with Crippen molar-refractivity contribution in [3.05, 3.63) is 48.0 Å². The molecule has 2 aromatic carbocycles. The maximum Gasteiger partial charge on any atom is 0.264 e. The Labute approximate surface area is 137 Å². The van der Waals surface area contributed by atoms with Crippen molar-refractivity contribution in [1.82, 2.24) is 20.4 Å². The van der Waals surface area contributed by atoms with Crippen molar-refractivity contribution in [2.75, 3.05) is 0 Å². The first kappa shape index (κ1) is 15.5. The van der Waals surface area contributed by atoms with Gasteiger partial charge in [-0.15, -0.1) is 5.10 Å². The smallest absolute Gasteiger partial charge is 0.264 e. The highest BCUT2D eigenvalue weighted by atomic mass is 16.3. The predicted molar refractivity (Wildman–Crippen MR) is 87.7 cm³/mol. The molecular weight excluding hydrogens is 310 g/mol. The van der Waals surface area contributed by atoms with Crippen molar-refractivity contribution in [3.8, 4) is 11.5 Å². The Hall–Kier alpha value is -3.42. The Kier molecular flexibility index (Phi) is 4.11. The average molecular weight is 325 g/mol. The highest BCUT2D eigenvalue weighted by molar-refractivity contribution is 5.87. The van der Waals surface area contributed by atoms with Gasteiger partial charge in [0.05, 0.1) is 11.7 Å². The molecule has 0 aliphatic rings. The topological polar surface area (TPSA) is 113 Å². The van der Waals surface area contributed by atoms with Crippen LogP contribution in [0.2, 0.25) is 0 Å². The number of aromatic nitrogens is 3. The highest BCUT2D eigenvalue weighted by Gasteiger charge is 2.18. The zero-order valence-electron chi connectivity index (χ0n) is 12.8. The van der Waals surface area contributed by atoms with E-state index in [0.717, 1.165) is 5.52 Å². The van der Waals surface area contributed by atoms with Crippen LogP contribution in [0.4, 0.5) is 0 Å². The molecule has 122 valence electrons. The summed E-state index contributed by atoms with van der Waals surface area (Å²) in [4.78, 5) is 12.2. The van der Waals surface area contributed by atoms with Gasteiger partial charge in [0.25, 0.3) is 5.91 Å². The summed E-state index contributed by atoms with van der Waals surface area (Å²) in [6.45, 7) is 1.68. The number of hydrogen-bond acceptors (Lipinski definition) is 6. The monoisotopic (exact) mass is 325 g/mol. The molecule has 24 heavy (non-hydrogen) atoms. The lowest BCUT2D eigenvalue weighted by Gasteiger charge is -2.10. The normalized spacial score (nSPS) is 12.5. The summed E-state index contributed by atoms with van der Waals surface area (Å²) in [5, 5.41) is 30.7. The molecule has 1 atom stereocenters. The van der Waals surface area contributed by atoms with E-state index in [9.17, 15) is 15.0 Å². The number of para-hydroxylation sites is 1. The fraction of sp³-hybridized carbons (Fsp3) is 0.125. The predicted octanol–water partition coefficient (Wildman–Crippen LogP) is 1.55. The van der Waals surface area contributed by atoms with Crippen LogP contribution in [0.1, 0.15) is 18.5 Å². The summed E-state index contributed by atoms with van der Waals surface area (Å²) in [6, 6.07) is 10.8. The summed E-state index contributed by atoms with van der Waals surface area (Å²) >= 11 is 0. The summed E-state index contributed by atoms with van der Waals surface area (Å²) in [5.41, 5.74) is 4.22. The van der Waals surface area contributed by atoms with Crippen LogP contribution in [0.15, 0.2) is 47.6 Å². The van der Waals surface area contributed by atoms with E-state index in [1.165, 1.54) is 29.1 Å². The molecule has 0 saturated heterocycles. The highest BCUT2D eigenvalue weighted by Crippen LogP contribution is 2.20. The fourth-order valence-corrected chi connectivity index (χ4v) is 2.18. The number of carbonyl (C=O) groups is 1. The average Bonchev–Trinajstić information content (AvgIpc) is 3.00. The van der Waals surface area contributed by atoms with Gasteiger partial charge in [0.2, 0.25) is 0 Å². The summed E-state index contributed by atoms with van der Waals surface area (Å²) in [7, 11) is 0. The quantitative estimate of drug-likeness (QED) is 0.497. The Bertz CT molecular complexity index is 919. The number of nitrogens with one attached hydrogen (secondary N) is 1. The fourth-order valence-electron chi connectivity index (χ4n) is 2.18. The van der Waals surface area contributed by atoms with Gasteiger partial charge in [-0.05, 0) is 31.2 Å². The third kappa shape index (κ3) is 3.02. The maximum atomic E-state index is 12.2. The molecule has 0 fully saturated rings. The second kappa shape index (κ2) is 6.37. The minimum absolute atomic E-state index is 0.0552. The van der Waals surface area contributed by atoms with Gasteiger partial charge in [-0.3, -0.25) is 4.79 Å². The van der Waals surface area contributed by atoms with Crippen LogP contribution < -0.4 is 5.43 Å². The van der Waals surface area contributed by atoms with Crippen LogP contribution in [-0.4, -0.2) is 37.3 Å². The first-order valence-electron chi connectivity index (χ1n) is 7.21. The summed E-state index contributed by atoms with van der Waals surface area (Å²) < 4.78 is 1.51. The molecule has 3 aromatic rings. The van der Waals surface area contributed by atoms with Crippen molar-refractivity contribution in [2.45, 2.75) is 13.0 Å². The summed E-state index contributed by atoms with van der Waals surface area (Å²) in [6.07, 6.45) is 1.29. The standard InChI is InChI=1S/C16H15N5O3/c1-10(21-14-5-3-2-4-13(14)18-20-21)16(24)19-17-9-11-6-7-12(22)8-15(11)23/h2-10,22-23H,1H3,(H,19,24)/b17-9-/t10-/m0/s1. The molecule has 3 rings (SSSR count). The van der Waals surface area contributed by atoms with Gasteiger partial charge >= 0.3 is 0 Å². The lowest BCUT2D eigenvalue weighted by Crippen LogP contribution is -2.28. The Morgan fingerprint density at radius 1 is 1.29 bits per heavy atom. The lowest BCUT2D eigenvalue weighted by atomic mass is 10.2. The third-order valence-electron chi connectivity index (χ3n) is 3.52. The van der Waals surface area contributed by atoms with Crippen molar-refractivity contribution >= 4 is 23.2 Å². The molecule has 0 unspecified atom stereocenters. The van der Waals surface area contributed by atoms with Crippen molar-refractivity contribution in [1.29, 1.82) is 0 Å². The van der Waals surface area contributed by atoms with Crippen molar-refractivity contribution in [3.63, 3.8) is 0 Å². The van der Waals surface area contributed by atoms with Crippen LogP contribution in [0.5, 0.6) is 11.5 Å².